The van der Waals surface area contributed by atoms with Crippen molar-refractivity contribution in [3.63, 3.8) is 0 Å². The zero-order valence-corrected chi connectivity index (χ0v) is 12.7. The van der Waals surface area contributed by atoms with Gasteiger partial charge in [0.05, 0.1) is 0 Å². The van der Waals surface area contributed by atoms with E-state index in [9.17, 15) is 4.79 Å². The summed E-state index contributed by atoms with van der Waals surface area (Å²) < 4.78 is 0. The molecule has 1 amide bonds. The van der Waals surface area contributed by atoms with Gasteiger partial charge < -0.3 is 21.3 Å². The van der Waals surface area contributed by atoms with Crippen molar-refractivity contribution in [3.8, 4) is 0 Å². The number of aromatic nitrogens is 3. The van der Waals surface area contributed by atoms with Gasteiger partial charge in [-0.1, -0.05) is 6.92 Å². The van der Waals surface area contributed by atoms with Crippen LogP contribution in [0.2, 0.25) is 0 Å². The van der Waals surface area contributed by atoms with Crippen molar-refractivity contribution in [2.24, 2.45) is 5.73 Å². The van der Waals surface area contributed by atoms with E-state index in [0.29, 0.717) is 17.8 Å². The summed E-state index contributed by atoms with van der Waals surface area (Å²) >= 11 is 0. The first-order chi connectivity index (χ1) is 9.26. The van der Waals surface area contributed by atoms with E-state index < -0.39 is 11.4 Å². The summed E-state index contributed by atoms with van der Waals surface area (Å²) in [5.41, 5.74) is 4.40. The van der Waals surface area contributed by atoms with Crippen molar-refractivity contribution in [2.45, 2.75) is 32.7 Å². The number of nitrogens with two attached hydrogens (primary N) is 1. The normalized spacial score (nSPS) is 11.1. The molecular formula is C12H23N7O. The van der Waals surface area contributed by atoms with Gasteiger partial charge >= 0.3 is 0 Å². The molecule has 0 aliphatic heterocycles. The molecule has 0 unspecified atom stereocenters. The van der Waals surface area contributed by atoms with Gasteiger partial charge in [0.1, 0.15) is 5.54 Å². The van der Waals surface area contributed by atoms with Crippen molar-refractivity contribution >= 4 is 23.8 Å². The van der Waals surface area contributed by atoms with Gasteiger partial charge in [-0.2, -0.15) is 15.0 Å². The molecule has 8 nitrogen and oxygen atoms in total. The van der Waals surface area contributed by atoms with E-state index in [4.69, 9.17) is 5.73 Å². The largest absolute Gasteiger partial charge is 0.368 e. The topological polar surface area (TPSA) is 109 Å². The van der Waals surface area contributed by atoms with Crippen molar-refractivity contribution in [2.75, 3.05) is 36.2 Å². The Balaban J connectivity index is 3.05. The third-order valence-electron chi connectivity index (χ3n) is 2.60. The smallest absolute Gasteiger partial charge is 0.242 e. The quantitative estimate of drug-likeness (QED) is 0.665. The fourth-order valence-electron chi connectivity index (χ4n) is 1.28. The highest BCUT2D eigenvalue weighted by molar-refractivity contribution is 5.86. The monoisotopic (exact) mass is 281 g/mol. The second-order valence-electron chi connectivity index (χ2n) is 5.22. The van der Waals surface area contributed by atoms with Gasteiger partial charge in [0.2, 0.25) is 23.8 Å². The van der Waals surface area contributed by atoms with E-state index in [-0.39, 0.29) is 0 Å². The van der Waals surface area contributed by atoms with Gasteiger partial charge in [0.25, 0.3) is 0 Å². The molecule has 0 fully saturated rings. The molecule has 0 spiro atoms. The number of nitrogens with zero attached hydrogens (tertiary/aromatic N) is 4. The van der Waals surface area contributed by atoms with E-state index >= 15 is 0 Å². The molecule has 0 saturated heterocycles. The van der Waals surface area contributed by atoms with Crippen LogP contribution in [0.5, 0.6) is 0 Å². The molecule has 1 heterocycles. The number of rotatable bonds is 7. The van der Waals surface area contributed by atoms with Gasteiger partial charge in [0, 0.05) is 20.6 Å². The molecule has 0 atom stereocenters. The van der Waals surface area contributed by atoms with Crippen molar-refractivity contribution in [1.29, 1.82) is 0 Å². The van der Waals surface area contributed by atoms with Crippen LogP contribution in [0.15, 0.2) is 0 Å². The minimum Gasteiger partial charge on any atom is -0.368 e. The fraction of sp³-hybridized carbons (Fsp3) is 0.667. The molecule has 20 heavy (non-hydrogen) atoms. The lowest BCUT2D eigenvalue weighted by molar-refractivity contribution is -0.121. The molecule has 8 heteroatoms. The van der Waals surface area contributed by atoms with E-state index in [1.807, 2.05) is 14.1 Å². The molecule has 0 aliphatic carbocycles. The zero-order valence-electron chi connectivity index (χ0n) is 12.7. The predicted molar refractivity (Wildman–Crippen MR) is 79.8 cm³/mol. The standard InChI is InChI=1S/C12H23N7O/c1-6-7-14-9-15-10(17-11(16-9)19(4)5)18-12(2,3)8(13)20/h6-7H2,1-5H3,(H2,13,20)(H2,14,15,16,17,18). The Labute approximate surface area is 119 Å². The first kappa shape index (κ1) is 15.9. The third-order valence-corrected chi connectivity index (χ3v) is 2.60. The van der Waals surface area contributed by atoms with Crippen LogP contribution < -0.4 is 21.3 Å². The fourth-order valence-corrected chi connectivity index (χ4v) is 1.28. The van der Waals surface area contributed by atoms with Crippen LogP contribution in [0.4, 0.5) is 17.8 Å². The van der Waals surface area contributed by atoms with Gasteiger partial charge in [-0.15, -0.1) is 0 Å². The van der Waals surface area contributed by atoms with Gasteiger partial charge in [-0.05, 0) is 20.3 Å². The summed E-state index contributed by atoms with van der Waals surface area (Å²) in [6.45, 7) is 6.16. The lowest BCUT2D eigenvalue weighted by Gasteiger charge is -2.23. The lowest BCUT2D eigenvalue weighted by atomic mass is 10.1. The average molecular weight is 281 g/mol. The van der Waals surface area contributed by atoms with Gasteiger partial charge in [-0.25, -0.2) is 0 Å². The molecule has 1 rings (SSSR count). The molecule has 112 valence electrons. The minimum absolute atomic E-state index is 0.311. The first-order valence-electron chi connectivity index (χ1n) is 6.51. The average Bonchev–Trinajstić information content (AvgIpc) is 2.35. The van der Waals surface area contributed by atoms with Crippen LogP contribution in [0, 0.1) is 0 Å². The first-order valence-corrected chi connectivity index (χ1v) is 6.51. The molecule has 4 N–H and O–H groups in total. The highest BCUT2D eigenvalue weighted by Gasteiger charge is 2.26. The van der Waals surface area contributed by atoms with Gasteiger partial charge in [-0.3, -0.25) is 4.79 Å². The number of nitrogens with one attached hydrogen (secondary N) is 2. The third kappa shape index (κ3) is 4.22. The number of hydrogen-bond acceptors (Lipinski definition) is 7. The Bertz CT molecular complexity index is 473. The maximum Gasteiger partial charge on any atom is 0.242 e. The maximum absolute atomic E-state index is 11.4. The number of primary amides is 1. The van der Waals surface area contributed by atoms with Crippen LogP contribution in [0.1, 0.15) is 27.2 Å². The highest BCUT2D eigenvalue weighted by atomic mass is 16.1. The van der Waals surface area contributed by atoms with Crippen molar-refractivity contribution in [3.05, 3.63) is 0 Å². The van der Waals surface area contributed by atoms with Crippen LogP contribution in [0.3, 0.4) is 0 Å². The van der Waals surface area contributed by atoms with Crippen molar-refractivity contribution in [1.82, 2.24) is 15.0 Å². The van der Waals surface area contributed by atoms with Crippen LogP contribution in [0.25, 0.3) is 0 Å². The second kappa shape index (κ2) is 6.36. The minimum atomic E-state index is -0.938. The number of anilines is 3. The molecule has 0 saturated carbocycles. The maximum atomic E-state index is 11.4. The summed E-state index contributed by atoms with van der Waals surface area (Å²) in [4.78, 5) is 25.9. The summed E-state index contributed by atoms with van der Waals surface area (Å²) in [6, 6.07) is 0. The summed E-state index contributed by atoms with van der Waals surface area (Å²) in [5, 5.41) is 6.03. The lowest BCUT2D eigenvalue weighted by Crippen LogP contribution is -2.45. The Morgan fingerprint density at radius 3 is 2.35 bits per heavy atom. The number of amides is 1. The Morgan fingerprint density at radius 1 is 1.25 bits per heavy atom. The zero-order chi connectivity index (χ0) is 15.3. The Morgan fingerprint density at radius 2 is 1.85 bits per heavy atom. The summed E-state index contributed by atoms with van der Waals surface area (Å²) in [7, 11) is 3.67. The van der Waals surface area contributed by atoms with Gasteiger partial charge in [0.15, 0.2) is 0 Å². The Kier molecular flexibility index (Phi) is 5.06. The highest BCUT2D eigenvalue weighted by Crippen LogP contribution is 2.15. The van der Waals surface area contributed by atoms with E-state index in [0.717, 1.165) is 13.0 Å². The summed E-state index contributed by atoms with van der Waals surface area (Å²) in [5.74, 6) is 0.799. The van der Waals surface area contributed by atoms with Crippen LogP contribution >= 0.6 is 0 Å². The number of carbonyl (C=O) groups is 1. The SMILES string of the molecule is CCCNc1nc(NC(C)(C)C(N)=O)nc(N(C)C)n1. The predicted octanol–water partition coefficient (Wildman–Crippen LogP) is 0.435. The van der Waals surface area contributed by atoms with Crippen LogP contribution in [-0.2, 0) is 4.79 Å². The van der Waals surface area contributed by atoms with Crippen molar-refractivity contribution < 1.29 is 4.79 Å². The molecule has 0 radical (unpaired) electrons. The molecule has 0 aliphatic rings. The number of carbonyl (C=O) groups excluding carboxylic acids is 1. The molecular weight excluding hydrogens is 258 g/mol. The summed E-state index contributed by atoms with van der Waals surface area (Å²) in [6.07, 6.45) is 0.957. The van der Waals surface area contributed by atoms with E-state index in [1.165, 1.54) is 0 Å². The molecule has 1 aromatic rings. The van der Waals surface area contributed by atoms with Crippen LogP contribution in [-0.4, -0.2) is 47.0 Å². The second-order valence-corrected chi connectivity index (χ2v) is 5.22. The molecule has 1 aromatic heterocycles. The molecule has 0 aromatic carbocycles. The number of hydrogen-bond donors (Lipinski definition) is 3. The molecule has 0 bridgehead atoms. The van der Waals surface area contributed by atoms with E-state index in [1.54, 1.807) is 18.7 Å². The van der Waals surface area contributed by atoms with E-state index in [2.05, 4.69) is 32.5 Å². The Hall–Kier alpha value is -2.12.